The molecule has 2 unspecified atom stereocenters. The summed E-state index contributed by atoms with van der Waals surface area (Å²) >= 11 is 0. The molecule has 1 fully saturated rings. The minimum Gasteiger partial charge on any atom is -0.391 e. The Labute approximate surface area is 121 Å². The van der Waals surface area contributed by atoms with Gasteiger partial charge in [-0.3, -0.25) is 20.0 Å². The molecule has 1 amide bonds. The van der Waals surface area contributed by atoms with Crippen LogP contribution < -0.4 is 10.6 Å². The van der Waals surface area contributed by atoms with Gasteiger partial charge in [0, 0.05) is 25.6 Å². The highest BCUT2D eigenvalue weighted by Crippen LogP contribution is 2.22. The fraction of sp³-hybridized carbons (Fsp3) is 0.667. The van der Waals surface area contributed by atoms with Gasteiger partial charge in [0.2, 0.25) is 5.69 Å². The van der Waals surface area contributed by atoms with Crippen LogP contribution in [-0.2, 0) is 6.42 Å². The molecular formula is C12H19N5O4. The van der Waals surface area contributed by atoms with Crippen molar-refractivity contribution < 1.29 is 14.8 Å². The molecule has 1 aliphatic heterocycles. The minimum atomic E-state index is -0.598. The third-order valence-electron chi connectivity index (χ3n) is 3.54. The van der Waals surface area contributed by atoms with Crippen molar-refractivity contribution in [2.24, 2.45) is 5.92 Å². The van der Waals surface area contributed by atoms with Gasteiger partial charge < -0.3 is 15.7 Å². The van der Waals surface area contributed by atoms with E-state index in [0.717, 1.165) is 0 Å². The van der Waals surface area contributed by atoms with E-state index in [1.807, 2.05) is 6.92 Å². The van der Waals surface area contributed by atoms with Gasteiger partial charge in [-0.15, -0.1) is 0 Å². The number of aliphatic hydroxyl groups is 1. The van der Waals surface area contributed by atoms with Crippen LogP contribution >= 0.6 is 0 Å². The van der Waals surface area contributed by atoms with E-state index in [0.29, 0.717) is 31.6 Å². The lowest BCUT2D eigenvalue weighted by molar-refractivity contribution is -0.385. The molecule has 1 aliphatic rings. The van der Waals surface area contributed by atoms with E-state index in [-0.39, 0.29) is 23.8 Å². The van der Waals surface area contributed by atoms with Crippen LogP contribution in [-0.4, -0.2) is 51.9 Å². The third-order valence-corrected chi connectivity index (χ3v) is 3.54. The number of nitrogens with zero attached hydrogens (tertiary/aromatic N) is 2. The monoisotopic (exact) mass is 297 g/mol. The summed E-state index contributed by atoms with van der Waals surface area (Å²) in [4.78, 5) is 22.6. The zero-order valence-electron chi connectivity index (χ0n) is 11.8. The number of nitro groups is 1. The van der Waals surface area contributed by atoms with Crippen molar-refractivity contribution in [1.29, 1.82) is 0 Å². The van der Waals surface area contributed by atoms with E-state index in [1.165, 1.54) is 0 Å². The Balaban J connectivity index is 2.06. The Hall–Kier alpha value is -2.00. The van der Waals surface area contributed by atoms with Crippen molar-refractivity contribution in [2.45, 2.75) is 25.9 Å². The molecule has 0 bridgehead atoms. The predicted octanol–water partition coefficient (Wildman–Crippen LogP) is -0.419. The molecule has 2 heterocycles. The third kappa shape index (κ3) is 3.37. The van der Waals surface area contributed by atoms with Gasteiger partial charge in [0.05, 0.1) is 11.0 Å². The van der Waals surface area contributed by atoms with Crippen LogP contribution in [0, 0.1) is 16.0 Å². The number of hydrogen-bond donors (Lipinski definition) is 4. The maximum Gasteiger partial charge on any atom is 0.322 e. The first-order valence-electron chi connectivity index (χ1n) is 6.93. The number of aromatic nitrogens is 2. The number of aliphatic hydroxyl groups excluding tert-OH is 1. The summed E-state index contributed by atoms with van der Waals surface area (Å²) < 4.78 is 0. The molecule has 2 atom stereocenters. The second-order valence-corrected chi connectivity index (χ2v) is 5.10. The van der Waals surface area contributed by atoms with Crippen LogP contribution in [0.15, 0.2) is 0 Å². The zero-order valence-corrected chi connectivity index (χ0v) is 11.8. The fourth-order valence-corrected chi connectivity index (χ4v) is 2.39. The van der Waals surface area contributed by atoms with Gasteiger partial charge in [0.1, 0.15) is 5.69 Å². The van der Waals surface area contributed by atoms with E-state index in [9.17, 15) is 20.0 Å². The number of aryl methyl sites for hydroxylation is 1. The van der Waals surface area contributed by atoms with E-state index in [2.05, 4.69) is 20.8 Å². The lowest BCUT2D eigenvalue weighted by atomic mass is 10.1. The Morgan fingerprint density at radius 2 is 2.33 bits per heavy atom. The molecule has 9 heteroatoms. The van der Waals surface area contributed by atoms with Crippen molar-refractivity contribution in [3.05, 3.63) is 21.5 Å². The lowest BCUT2D eigenvalue weighted by Gasteiger charge is -2.13. The normalized spacial score (nSPS) is 21.4. The van der Waals surface area contributed by atoms with Crippen molar-refractivity contribution >= 4 is 11.6 Å². The molecule has 0 spiro atoms. The maximum absolute atomic E-state index is 12.1. The number of β-amino-alcohol motifs (C(OH)–C–C–N with tert-alkyl or cyclic N) is 1. The molecule has 9 nitrogen and oxygen atoms in total. The van der Waals surface area contributed by atoms with Crippen LogP contribution in [0.25, 0.3) is 0 Å². The molecular weight excluding hydrogens is 278 g/mol. The smallest absolute Gasteiger partial charge is 0.322 e. The Morgan fingerprint density at radius 1 is 1.57 bits per heavy atom. The summed E-state index contributed by atoms with van der Waals surface area (Å²) in [6, 6.07) is 0. The molecule has 0 aliphatic carbocycles. The number of aromatic amines is 1. The second-order valence-electron chi connectivity index (χ2n) is 5.10. The zero-order chi connectivity index (χ0) is 15.4. The van der Waals surface area contributed by atoms with Crippen LogP contribution in [0.4, 0.5) is 5.69 Å². The van der Waals surface area contributed by atoms with E-state index in [4.69, 9.17) is 0 Å². The topological polar surface area (TPSA) is 133 Å². The molecule has 0 radical (unpaired) electrons. The van der Waals surface area contributed by atoms with Crippen molar-refractivity contribution in [1.82, 2.24) is 20.8 Å². The molecule has 1 aromatic heterocycles. The Bertz CT molecular complexity index is 530. The SMILES string of the molecule is CCCc1[nH]nc(C(=O)NCC2CNCC2O)c1[N+](=O)[O-]. The number of amides is 1. The highest BCUT2D eigenvalue weighted by Gasteiger charge is 2.30. The van der Waals surface area contributed by atoms with Crippen LogP contribution in [0.1, 0.15) is 29.5 Å². The molecule has 4 N–H and O–H groups in total. The molecule has 1 saturated heterocycles. The first-order valence-corrected chi connectivity index (χ1v) is 6.93. The first kappa shape index (κ1) is 15.4. The van der Waals surface area contributed by atoms with Crippen molar-refractivity contribution in [3.63, 3.8) is 0 Å². The summed E-state index contributed by atoms with van der Waals surface area (Å²) in [7, 11) is 0. The van der Waals surface area contributed by atoms with Gasteiger partial charge in [-0.25, -0.2) is 0 Å². The van der Waals surface area contributed by atoms with E-state index < -0.39 is 16.9 Å². The number of nitrogens with one attached hydrogen (secondary N) is 3. The average molecular weight is 297 g/mol. The lowest BCUT2D eigenvalue weighted by Crippen LogP contribution is -2.34. The highest BCUT2D eigenvalue weighted by atomic mass is 16.6. The average Bonchev–Trinajstić information content (AvgIpc) is 3.03. The molecule has 21 heavy (non-hydrogen) atoms. The quantitative estimate of drug-likeness (QED) is 0.416. The summed E-state index contributed by atoms with van der Waals surface area (Å²) in [6.45, 7) is 3.23. The fourth-order valence-electron chi connectivity index (χ4n) is 2.39. The number of carbonyl (C=O) groups is 1. The van der Waals surface area contributed by atoms with Gasteiger partial charge >= 0.3 is 5.69 Å². The standard InChI is InChI=1S/C12H19N5O4/c1-2-3-8-11(17(20)21)10(16-15-8)12(19)14-5-7-4-13-6-9(7)18/h7,9,13,18H,2-6H2,1H3,(H,14,19)(H,15,16). The largest absolute Gasteiger partial charge is 0.391 e. The van der Waals surface area contributed by atoms with Crippen LogP contribution in [0.3, 0.4) is 0 Å². The van der Waals surface area contributed by atoms with E-state index >= 15 is 0 Å². The first-order chi connectivity index (χ1) is 10.0. The molecule has 1 aromatic rings. The summed E-state index contributed by atoms with van der Waals surface area (Å²) in [5, 5.41) is 32.7. The van der Waals surface area contributed by atoms with Gasteiger partial charge in [-0.2, -0.15) is 5.10 Å². The number of carbonyl (C=O) groups excluding carboxylic acids is 1. The number of H-pyrrole nitrogens is 1. The van der Waals surface area contributed by atoms with Gasteiger partial charge in [0.15, 0.2) is 0 Å². The number of hydrogen-bond acceptors (Lipinski definition) is 6. The Kier molecular flexibility index (Phi) is 4.86. The molecule has 0 aromatic carbocycles. The van der Waals surface area contributed by atoms with Crippen molar-refractivity contribution in [3.8, 4) is 0 Å². The van der Waals surface area contributed by atoms with Gasteiger partial charge in [-0.1, -0.05) is 13.3 Å². The summed E-state index contributed by atoms with van der Waals surface area (Å²) in [5.41, 5.74) is -0.112. The van der Waals surface area contributed by atoms with Crippen LogP contribution in [0.2, 0.25) is 0 Å². The van der Waals surface area contributed by atoms with Gasteiger partial charge in [0.25, 0.3) is 5.91 Å². The molecule has 0 saturated carbocycles. The number of rotatable bonds is 6. The Morgan fingerprint density at radius 3 is 2.90 bits per heavy atom. The highest BCUT2D eigenvalue weighted by molar-refractivity contribution is 5.96. The van der Waals surface area contributed by atoms with Crippen molar-refractivity contribution in [2.75, 3.05) is 19.6 Å². The van der Waals surface area contributed by atoms with Crippen LogP contribution in [0.5, 0.6) is 0 Å². The minimum absolute atomic E-state index is 0.0953. The second kappa shape index (κ2) is 6.64. The predicted molar refractivity (Wildman–Crippen MR) is 73.9 cm³/mol. The summed E-state index contributed by atoms with van der Waals surface area (Å²) in [6.07, 6.45) is 0.654. The molecule has 2 rings (SSSR count). The van der Waals surface area contributed by atoms with E-state index in [1.54, 1.807) is 0 Å². The van der Waals surface area contributed by atoms with Gasteiger partial charge in [-0.05, 0) is 6.42 Å². The summed E-state index contributed by atoms with van der Waals surface area (Å²) in [5.74, 6) is -0.693. The maximum atomic E-state index is 12.1. The molecule has 116 valence electrons.